The first-order valence-electron chi connectivity index (χ1n) is 15.2. The number of methoxy groups -OCH3 is 2. The second kappa shape index (κ2) is 19.0. The number of anilines is 1. The van der Waals surface area contributed by atoms with E-state index in [1.54, 1.807) is 6.07 Å². The minimum Gasteiger partial charge on any atom is -0.744 e. The van der Waals surface area contributed by atoms with Crippen molar-refractivity contribution in [2.45, 2.75) is 14.7 Å². The van der Waals surface area contributed by atoms with E-state index in [0.717, 1.165) is 24.3 Å². The summed E-state index contributed by atoms with van der Waals surface area (Å²) >= 11 is 0. The molecule has 6 aromatic carbocycles. The van der Waals surface area contributed by atoms with Gasteiger partial charge in [0.2, 0.25) is 0 Å². The normalized spacial score (nSPS) is 11.9. The third kappa shape index (κ3) is 10.2. The van der Waals surface area contributed by atoms with Gasteiger partial charge in [0.25, 0.3) is 0 Å². The Morgan fingerprint density at radius 1 is 0.552 bits per heavy atom. The molecular formula is C34H24N5Na3O13S3. The second-order valence-electron chi connectivity index (χ2n) is 11.5. The number of rotatable bonds is 10. The Balaban J connectivity index is 0.00000300. The van der Waals surface area contributed by atoms with Crippen molar-refractivity contribution in [2.75, 3.05) is 20.0 Å². The Kier molecular flexibility index (Phi) is 16.1. The minimum atomic E-state index is -5.32. The standard InChI is InChI=1S/C34H27N5O13S3.3Na/c1-51-25-13-17(6-10-23(25)36-38-31-29(55(48,49)50)16-20-12-21(35)8-9-22(20)33(31)40)18-7-11-24(26(14-18)52-2)37-39-32-28(54(45,46)47)15-19-4-3-5-27(53(42,43)44)30(19)34(32)41;;;/h3-16,40-41H,35H2,1-2H3,(H,42,43,44)(H,45,46,47)(H,48,49,50);;;/q;3*+1/p-3. The van der Waals surface area contributed by atoms with Gasteiger partial charge in [0.05, 0.1) is 28.9 Å². The van der Waals surface area contributed by atoms with Crippen LogP contribution in [0.2, 0.25) is 0 Å². The predicted molar refractivity (Wildman–Crippen MR) is 193 cm³/mol. The maximum absolute atomic E-state index is 12.1. The van der Waals surface area contributed by atoms with E-state index in [1.807, 2.05) is 0 Å². The monoisotopic (exact) mass is 875 g/mol. The van der Waals surface area contributed by atoms with Gasteiger partial charge < -0.3 is 39.1 Å². The zero-order chi connectivity index (χ0) is 40.0. The number of phenols is 2. The second-order valence-corrected chi connectivity index (χ2v) is 15.6. The van der Waals surface area contributed by atoms with E-state index in [9.17, 15) is 49.1 Å². The van der Waals surface area contributed by atoms with Gasteiger partial charge in [-0.25, -0.2) is 25.3 Å². The van der Waals surface area contributed by atoms with E-state index in [-0.39, 0.29) is 133 Å². The molecule has 0 atom stereocenters. The Bertz CT molecular complexity index is 2990. The molecule has 24 heteroatoms. The van der Waals surface area contributed by atoms with Gasteiger partial charge in [-0.05, 0) is 82.6 Å². The topological polar surface area (TPSA) is 306 Å². The van der Waals surface area contributed by atoms with Crippen molar-refractivity contribution >= 4 is 80.3 Å². The molecule has 0 bridgehead atoms. The zero-order valence-electron chi connectivity index (χ0n) is 31.1. The maximum atomic E-state index is 12.1. The molecule has 58 heavy (non-hydrogen) atoms. The number of nitrogen functional groups attached to an aromatic ring is 1. The van der Waals surface area contributed by atoms with E-state index in [0.29, 0.717) is 11.1 Å². The molecule has 0 aliphatic heterocycles. The first-order chi connectivity index (χ1) is 25.8. The average molecular weight is 876 g/mol. The van der Waals surface area contributed by atoms with Crippen LogP contribution in [0.25, 0.3) is 32.7 Å². The number of benzene rings is 6. The summed E-state index contributed by atoms with van der Waals surface area (Å²) in [6.45, 7) is 0. The van der Waals surface area contributed by atoms with Crippen LogP contribution < -0.4 is 104 Å². The molecule has 284 valence electrons. The number of phenolic OH excluding ortho intramolecular Hbond substituents is 2. The molecule has 0 saturated heterocycles. The maximum Gasteiger partial charge on any atom is 1.00 e. The molecule has 0 fully saturated rings. The van der Waals surface area contributed by atoms with Crippen LogP contribution >= 0.6 is 0 Å². The summed E-state index contributed by atoms with van der Waals surface area (Å²) in [6, 6.07) is 18.2. The van der Waals surface area contributed by atoms with Gasteiger partial charge in [0.1, 0.15) is 64.6 Å². The molecule has 0 radical (unpaired) electrons. The predicted octanol–water partition coefficient (Wildman–Crippen LogP) is -2.77. The van der Waals surface area contributed by atoms with Gasteiger partial charge in [-0.2, -0.15) is 0 Å². The molecule has 4 N–H and O–H groups in total. The number of hydrogen-bond donors (Lipinski definition) is 3. The molecule has 6 rings (SSSR count). The summed E-state index contributed by atoms with van der Waals surface area (Å²) in [5.41, 5.74) is 5.55. The van der Waals surface area contributed by atoms with Crippen molar-refractivity contribution in [3.8, 4) is 34.1 Å². The summed E-state index contributed by atoms with van der Waals surface area (Å²) in [6.07, 6.45) is 0. The van der Waals surface area contributed by atoms with Crippen molar-refractivity contribution in [3.05, 3.63) is 84.9 Å². The van der Waals surface area contributed by atoms with Crippen LogP contribution in [0.1, 0.15) is 0 Å². The van der Waals surface area contributed by atoms with E-state index >= 15 is 0 Å². The molecule has 0 amide bonds. The number of azo groups is 2. The van der Waals surface area contributed by atoms with Crippen molar-refractivity contribution in [1.82, 2.24) is 0 Å². The third-order valence-corrected chi connectivity index (χ3v) is 10.7. The quantitative estimate of drug-likeness (QED) is 0.0543. The van der Waals surface area contributed by atoms with Crippen LogP contribution in [-0.2, 0) is 30.4 Å². The van der Waals surface area contributed by atoms with Crippen molar-refractivity contribution in [3.63, 3.8) is 0 Å². The SMILES string of the molecule is COc1cc(-c2ccc(N=Nc3c(S(=O)(=O)[O-])cc4cccc(S(=O)(=O)[O-])c4c3O)c(OC)c2)ccc1N=Nc1c(S(=O)(=O)[O-])cc2cc(N)ccc2c1O.[Na+].[Na+].[Na+]. The van der Waals surface area contributed by atoms with E-state index in [4.69, 9.17) is 15.2 Å². The van der Waals surface area contributed by atoms with E-state index in [1.165, 1.54) is 68.8 Å². The van der Waals surface area contributed by atoms with Crippen LogP contribution in [0.5, 0.6) is 23.0 Å². The largest absolute Gasteiger partial charge is 1.00 e. The van der Waals surface area contributed by atoms with Crippen LogP contribution in [0, 0.1) is 0 Å². The molecule has 0 spiro atoms. The molecule has 18 nitrogen and oxygen atoms in total. The zero-order valence-corrected chi connectivity index (χ0v) is 39.5. The summed E-state index contributed by atoms with van der Waals surface area (Å²) < 4.78 is 119. The number of ether oxygens (including phenoxy) is 2. The smallest absolute Gasteiger partial charge is 0.744 e. The van der Waals surface area contributed by atoms with E-state index in [2.05, 4.69) is 20.5 Å². The Hall–Kier alpha value is -3.23. The Labute approximate surface area is 397 Å². The molecule has 6 aromatic rings. The molecule has 0 aromatic heterocycles. The molecule has 0 aliphatic carbocycles. The van der Waals surface area contributed by atoms with Crippen molar-refractivity contribution in [1.29, 1.82) is 0 Å². The third-order valence-electron chi connectivity index (χ3n) is 8.13. The molecule has 0 saturated carbocycles. The van der Waals surface area contributed by atoms with Crippen molar-refractivity contribution < 1.29 is 147 Å². The van der Waals surface area contributed by atoms with Gasteiger partial charge in [-0.3, -0.25) is 0 Å². The molecule has 0 heterocycles. The summed E-state index contributed by atoms with van der Waals surface area (Å²) in [7, 11) is -13.0. The summed E-state index contributed by atoms with van der Waals surface area (Å²) in [4.78, 5) is -2.74. The first kappa shape index (κ1) is 49.1. The van der Waals surface area contributed by atoms with Gasteiger partial charge in [-0.1, -0.05) is 24.3 Å². The van der Waals surface area contributed by atoms with Crippen LogP contribution in [0.15, 0.2) is 120 Å². The van der Waals surface area contributed by atoms with Crippen molar-refractivity contribution in [2.24, 2.45) is 20.5 Å². The van der Waals surface area contributed by atoms with Crippen LogP contribution in [0.4, 0.5) is 28.4 Å². The molecular weight excluding hydrogens is 852 g/mol. The number of nitrogens with zero attached hydrogens (tertiary/aromatic N) is 4. The van der Waals surface area contributed by atoms with Crippen LogP contribution in [-0.4, -0.2) is 63.3 Å². The number of hydrogen-bond acceptors (Lipinski definition) is 18. The minimum absolute atomic E-state index is 0. The number of aromatic hydroxyl groups is 2. The summed E-state index contributed by atoms with van der Waals surface area (Å²) in [5.74, 6) is -1.52. The molecule has 0 aliphatic rings. The fourth-order valence-electron chi connectivity index (χ4n) is 5.61. The van der Waals surface area contributed by atoms with E-state index < -0.39 is 73.3 Å². The van der Waals surface area contributed by atoms with Gasteiger partial charge in [0.15, 0.2) is 11.5 Å². The summed E-state index contributed by atoms with van der Waals surface area (Å²) in [5, 5.41) is 37.0. The fourth-order valence-corrected chi connectivity index (χ4v) is 7.61. The van der Waals surface area contributed by atoms with Gasteiger partial charge in [0, 0.05) is 16.5 Å². The number of fused-ring (bicyclic) bond motifs is 2. The molecule has 0 unspecified atom stereocenters. The first-order valence-corrected chi connectivity index (χ1v) is 19.5. The number of nitrogens with two attached hydrogens (primary N) is 1. The van der Waals surface area contributed by atoms with Gasteiger partial charge in [-0.15, -0.1) is 20.5 Å². The van der Waals surface area contributed by atoms with Crippen LogP contribution in [0.3, 0.4) is 0 Å². The fraction of sp³-hybridized carbons (Fsp3) is 0.0588. The Morgan fingerprint density at radius 3 is 1.48 bits per heavy atom. The Morgan fingerprint density at radius 2 is 1.02 bits per heavy atom. The van der Waals surface area contributed by atoms with Gasteiger partial charge >= 0.3 is 88.7 Å². The average Bonchev–Trinajstić information content (AvgIpc) is 3.12.